The lowest BCUT2D eigenvalue weighted by Crippen LogP contribution is -2.55. The highest BCUT2D eigenvalue weighted by Crippen LogP contribution is 2.21. The summed E-state index contributed by atoms with van der Waals surface area (Å²) in [5.41, 5.74) is 21.5. The van der Waals surface area contributed by atoms with Gasteiger partial charge in [0, 0.05) is 37.0 Å². The number of carbonyl (C=O) groups excluding carboxylic acids is 1. The van der Waals surface area contributed by atoms with Gasteiger partial charge in [0.05, 0.1) is 0 Å². The molecule has 0 amide bonds. The van der Waals surface area contributed by atoms with Crippen molar-refractivity contribution >= 4 is 17.7 Å². The van der Waals surface area contributed by atoms with Crippen LogP contribution in [0.2, 0.25) is 0 Å². The third-order valence-electron chi connectivity index (χ3n) is 4.38. The number of nitrogens with one attached hydrogen (secondary N) is 1. The first kappa shape index (κ1) is 21.1. The Morgan fingerprint density at radius 1 is 1.25 bits per heavy atom. The summed E-state index contributed by atoms with van der Waals surface area (Å²) in [6.07, 6.45) is 4.00. The van der Waals surface area contributed by atoms with Gasteiger partial charge in [0.1, 0.15) is 5.82 Å². The van der Waals surface area contributed by atoms with E-state index in [9.17, 15) is 14.7 Å². The molecule has 28 heavy (non-hydrogen) atoms. The van der Waals surface area contributed by atoms with Crippen molar-refractivity contribution < 1.29 is 14.7 Å². The Kier molecular flexibility index (Phi) is 6.85. The summed E-state index contributed by atoms with van der Waals surface area (Å²) >= 11 is 0. The summed E-state index contributed by atoms with van der Waals surface area (Å²) in [5, 5.41) is 9.50. The summed E-state index contributed by atoms with van der Waals surface area (Å²) in [6.45, 7) is 0.183. The van der Waals surface area contributed by atoms with Crippen LogP contribution in [0.15, 0.2) is 41.7 Å². The lowest BCUT2D eigenvalue weighted by molar-refractivity contribution is -0.141. The predicted octanol–water partition coefficient (Wildman–Crippen LogP) is -0.329. The van der Waals surface area contributed by atoms with Crippen LogP contribution in [0.5, 0.6) is 0 Å². The maximum Gasteiger partial charge on any atom is 0.331 e. The van der Waals surface area contributed by atoms with Crippen molar-refractivity contribution in [2.75, 3.05) is 6.54 Å². The summed E-state index contributed by atoms with van der Waals surface area (Å²) in [5.74, 6) is -1.44. The Hall–Kier alpha value is -3.24. The standard InChI is InChI=1S/C18H25N7O3/c19-13(10-14-23-8-9-24-14)11-2-4-12(5-3-11)15(26)18(22,16(27)28)6-1-7-25-17(20)21/h2-5,8-9,13H,1,6-7,10,19,22H2,(H,23,24)(H,27,28)(H4,20,21,25)/t13?,18-/m1/s1. The number of aliphatic carboxylic acids is 1. The summed E-state index contributed by atoms with van der Waals surface area (Å²) in [4.78, 5) is 35.3. The molecule has 0 aliphatic rings. The number of nitrogens with two attached hydrogens (primary N) is 4. The molecule has 0 aliphatic carbocycles. The third-order valence-corrected chi connectivity index (χ3v) is 4.38. The fourth-order valence-electron chi connectivity index (χ4n) is 2.76. The van der Waals surface area contributed by atoms with E-state index in [1.807, 2.05) is 0 Å². The molecule has 0 spiro atoms. The van der Waals surface area contributed by atoms with Crippen LogP contribution in [0, 0.1) is 0 Å². The van der Waals surface area contributed by atoms with Crippen molar-refractivity contribution in [3.05, 3.63) is 53.6 Å². The second-order valence-electron chi connectivity index (χ2n) is 6.48. The number of aromatic amines is 1. The first-order chi connectivity index (χ1) is 13.2. The smallest absolute Gasteiger partial charge is 0.331 e. The molecule has 1 unspecified atom stereocenters. The zero-order chi connectivity index (χ0) is 20.7. The minimum Gasteiger partial charge on any atom is -0.480 e. The third kappa shape index (κ3) is 5.15. The number of hydrogen-bond donors (Lipinski definition) is 6. The maximum absolute atomic E-state index is 12.7. The number of H-pyrrole nitrogens is 1. The molecule has 0 saturated heterocycles. The number of carbonyl (C=O) groups is 2. The largest absolute Gasteiger partial charge is 0.480 e. The van der Waals surface area contributed by atoms with E-state index in [-0.39, 0.29) is 37.0 Å². The van der Waals surface area contributed by atoms with Crippen LogP contribution in [0.25, 0.3) is 0 Å². The molecule has 10 N–H and O–H groups in total. The Morgan fingerprint density at radius 2 is 1.93 bits per heavy atom. The number of rotatable bonds is 10. The van der Waals surface area contributed by atoms with Gasteiger partial charge < -0.3 is 33.0 Å². The molecule has 2 aromatic rings. The highest BCUT2D eigenvalue weighted by Gasteiger charge is 2.42. The second-order valence-corrected chi connectivity index (χ2v) is 6.48. The topological polar surface area (TPSA) is 199 Å². The number of benzene rings is 1. The Bertz CT molecular complexity index is 829. The average molecular weight is 387 g/mol. The van der Waals surface area contributed by atoms with Gasteiger partial charge in [-0.05, 0) is 18.4 Å². The van der Waals surface area contributed by atoms with Crippen LogP contribution in [-0.4, -0.2) is 44.9 Å². The number of ketones is 1. The summed E-state index contributed by atoms with van der Waals surface area (Å²) in [6, 6.07) is 6.10. The van der Waals surface area contributed by atoms with Gasteiger partial charge in [-0.2, -0.15) is 0 Å². The molecule has 0 bridgehead atoms. The predicted molar refractivity (Wildman–Crippen MR) is 104 cm³/mol. The van der Waals surface area contributed by atoms with Crippen molar-refractivity contribution in [3.63, 3.8) is 0 Å². The maximum atomic E-state index is 12.7. The number of hydrogen-bond acceptors (Lipinski definition) is 6. The van der Waals surface area contributed by atoms with Crippen LogP contribution in [0.4, 0.5) is 0 Å². The molecule has 2 atom stereocenters. The van der Waals surface area contributed by atoms with Gasteiger partial charge in [0.25, 0.3) is 0 Å². The number of Topliss-reactive ketones (excluding diaryl/α,β-unsaturated/α-hetero) is 1. The van der Waals surface area contributed by atoms with E-state index < -0.39 is 17.3 Å². The first-order valence-electron chi connectivity index (χ1n) is 8.70. The van der Waals surface area contributed by atoms with E-state index in [0.29, 0.717) is 6.42 Å². The van der Waals surface area contributed by atoms with Gasteiger partial charge in [0.15, 0.2) is 17.3 Å². The van der Waals surface area contributed by atoms with Crippen molar-refractivity contribution in [1.29, 1.82) is 0 Å². The highest BCUT2D eigenvalue weighted by molar-refractivity contribution is 6.15. The van der Waals surface area contributed by atoms with Crippen molar-refractivity contribution in [2.24, 2.45) is 27.9 Å². The number of aromatic nitrogens is 2. The van der Waals surface area contributed by atoms with Gasteiger partial charge in [-0.15, -0.1) is 0 Å². The molecule has 10 nitrogen and oxygen atoms in total. The van der Waals surface area contributed by atoms with Gasteiger partial charge in [-0.1, -0.05) is 24.3 Å². The molecular formula is C18H25N7O3. The molecule has 1 aromatic heterocycles. The minimum atomic E-state index is -2.06. The average Bonchev–Trinajstić information content (AvgIpc) is 3.17. The van der Waals surface area contributed by atoms with E-state index in [0.717, 1.165) is 11.4 Å². The highest BCUT2D eigenvalue weighted by atomic mass is 16.4. The first-order valence-corrected chi connectivity index (χ1v) is 8.70. The summed E-state index contributed by atoms with van der Waals surface area (Å²) < 4.78 is 0. The zero-order valence-corrected chi connectivity index (χ0v) is 15.3. The normalized spacial score (nSPS) is 14.1. The van der Waals surface area contributed by atoms with Gasteiger partial charge in [-0.25, -0.2) is 9.78 Å². The number of carboxylic acid groups (broad SMARTS) is 1. The quantitative estimate of drug-likeness (QED) is 0.105. The molecule has 0 fully saturated rings. The van der Waals surface area contributed by atoms with Crippen LogP contribution in [0.1, 0.15) is 40.6 Å². The molecule has 1 heterocycles. The van der Waals surface area contributed by atoms with Crippen molar-refractivity contribution in [1.82, 2.24) is 9.97 Å². The minimum absolute atomic E-state index is 0.0995. The fourth-order valence-corrected chi connectivity index (χ4v) is 2.76. The Balaban J connectivity index is 2.09. The van der Waals surface area contributed by atoms with Crippen LogP contribution < -0.4 is 22.9 Å². The lowest BCUT2D eigenvalue weighted by Gasteiger charge is -2.23. The molecule has 10 heteroatoms. The molecule has 2 rings (SSSR count). The fraction of sp³-hybridized carbons (Fsp3) is 0.333. The number of guanidine groups is 1. The van der Waals surface area contributed by atoms with Crippen molar-refractivity contribution in [2.45, 2.75) is 30.8 Å². The summed E-state index contributed by atoms with van der Waals surface area (Å²) in [7, 11) is 0. The van der Waals surface area contributed by atoms with Gasteiger partial charge >= 0.3 is 5.97 Å². The molecule has 1 aromatic carbocycles. The van der Waals surface area contributed by atoms with Crippen LogP contribution in [-0.2, 0) is 11.2 Å². The van der Waals surface area contributed by atoms with Crippen LogP contribution >= 0.6 is 0 Å². The second kappa shape index (κ2) is 9.11. The molecule has 150 valence electrons. The number of nitrogens with zero attached hydrogens (tertiary/aromatic N) is 2. The molecule has 0 radical (unpaired) electrons. The van der Waals surface area contributed by atoms with Gasteiger partial charge in [0.2, 0.25) is 0 Å². The van der Waals surface area contributed by atoms with E-state index in [1.165, 1.54) is 12.1 Å². The number of imidazole rings is 1. The van der Waals surface area contributed by atoms with Gasteiger partial charge in [-0.3, -0.25) is 9.79 Å². The Morgan fingerprint density at radius 3 is 2.46 bits per heavy atom. The molecular weight excluding hydrogens is 362 g/mol. The molecule has 0 aliphatic heterocycles. The lowest BCUT2D eigenvalue weighted by atomic mass is 9.85. The van der Waals surface area contributed by atoms with E-state index in [4.69, 9.17) is 22.9 Å². The Labute approximate surface area is 162 Å². The zero-order valence-electron chi connectivity index (χ0n) is 15.3. The van der Waals surface area contributed by atoms with E-state index in [2.05, 4.69) is 15.0 Å². The van der Waals surface area contributed by atoms with E-state index >= 15 is 0 Å². The molecule has 0 saturated carbocycles. The SMILES string of the molecule is NC(N)=NCCC[C@](N)(C(=O)O)C(=O)c1ccc(C(N)Cc2ncc[nH]2)cc1. The van der Waals surface area contributed by atoms with E-state index in [1.54, 1.807) is 24.5 Å². The van der Waals surface area contributed by atoms with Crippen LogP contribution in [0.3, 0.4) is 0 Å². The van der Waals surface area contributed by atoms with Crippen molar-refractivity contribution in [3.8, 4) is 0 Å². The monoisotopic (exact) mass is 387 g/mol. The number of carboxylic acids is 1. The number of aliphatic imine (C=N–C) groups is 1.